The summed E-state index contributed by atoms with van der Waals surface area (Å²) in [6.45, 7) is 0.325. The van der Waals surface area contributed by atoms with Crippen molar-refractivity contribution >= 4 is 5.69 Å². The monoisotopic (exact) mass is 348 g/mol. The molecule has 5 nitrogen and oxygen atoms in total. The predicted molar refractivity (Wildman–Crippen MR) is 99.9 cm³/mol. The van der Waals surface area contributed by atoms with Crippen LogP contribution in [0.3, 0.4) is 0 Å². The zero-order chi connectivity index (χ0) is 18.4. The molecule has 2 aliphatic rings. The number of hydrogen-bond acceptors (Lipinski definition) is 4. The van der Waals surface area contributed by atoms with E-state index in [1.807, 2.05) is 48.6 Å². The topological polar surface area (TPSA) is 65.3 Å². The Hall–Kier alpha value is -2.81. The van der Waals surface area contributed by atoms with E-state index in [1.165, 1.54) is 0 Å². The lowest BCUT2D eigenvalue weighted by Gasteiger charge is -2.41. The van der Waals surface area contributed by atoms with Gasteiger partial charge in [0, 0.05) is 18.1 Å². The molecule has 0 spiro atoms. The van der Waals surface area contributed by atoms with Crippen molar-refractivity contribution in [1.82, 2.24) is 4.65 Å². The van der Waals surface area contributed by atoms with Crippen molar-refractivity contribution in [2.75, 3.05) is 20.8 Å². The molecule has 1 unspecified atom stereocenters. The zero-order valence-electron chi connectivity index (χ0n) is 14.8. The maximum atomic E-state index is 13.7. The molecule has 0 amide bonds. The van der Waals surface area contributed by atoms with Crippen LogP contribution in [0.1, 0.15) is 11.1 Å². The van der Waals surface area contributed by atoms with Gasteiger partial charge in [0.1, 0.15) is 23.7 Å². The summed E-state index contributed by atoms with van der Waals surface area (Å²) in [5.41, 5.74) is 1.43. The second-order valence-corrected chi connectivity index (χ2v) is 6.82. The van der Waals surface area contributed by atoms with Crippen LogP contribution < -0.4 is 14.1 Å². The Morgan fingerprint density at radius 1 is 1.19 bits per heavy atom. The number of ether oxygens (including phenoxy) is 2. The molecule has 3 atom stereocenters. The summed E-state index contributed by atoms with van der Waals surface area (Å²) in [7, 11) is 3.11. The fourth-order valence-corrected chi connectivity index (χ4v) is 4.35. The Morgan fingerprint density at radius 2 is 1.88 bits per heavy atom. The molecule has 2 aromatic carbocycles. The SMILES string of the molecule is COc1cc2c(cc1OC)[N+]1([O-])CC=C[C@@H]1[C@@]2(C#N)Cc1ccccc1. The van der Waals surface area contributed by atoms with Gasteiger partial charge in [0.15, 0.2) is 11.5 Å². The zero-order valence-corrected chi connectivity index (χ0v) is 14.8. The molecule has 0 saturated heterocycles. The van der Waals surface area contributed by atoms with Gasteiger partial charge in [0.25, 0.3) is 0 Å². The molecule has 2 aromatic rings. The van der Waals surface area contributed by atoms with Crippen LogP contribution in [0.5, 0.6) is 11.5 Å². The van der Waals surface area contributed by atoms with Crippen molar-refractivity contribution in [2.45, 2.75) is 17.9 Å². The first-order chi connectivity index (χ1) is 12.6. The van der Waals surface area contributed by atoms with Gasteiger partial charge in [-0.3, -0.25) is 0 Å². The van der Waals surface area contributed by atoms with Crippen molar-refractivity contribution in [3.05, 3.63) is 71.0 Å². The second kappa shape index (κ2) is 5.87. The Morgan fingerprint density at radius 3 is 2.54 bits per heavy atom. The Balaban J connectivity index is 1.96. The number of nitrogens with zero attached hydrogens (tertiary/aromatic N) is 2. The lowest BCUT2D eigenvalue weighted by atomic mass is 9.73. The van der Waals surface area contributed by atoms with Crippen LogP contribution in [0, 0.1) is 16.5 Å². The molecular formula is C21H20N2O3. The summed E-state index contributed by atoms with van der Waals surface area (Å²) in [5.74, 6) is 1.05. The number of benzene rings is 2. The molecule has 26 heavy (non-hydrogen) atoms. The smallest absolute Gasteiger partial charge is 0.166 e. The van der Waals surface area contributed by atoms with Crippen molar-refractivity contribution < 1.29 is 9.47 Å². The number of hydroxylamine groups is 2. The minimum absolute atomic E-state index is 0.325. The predicted octanol–water partition coefficient (Wildman–Crippen LogP) is 3.46. The average molecular weight is 348 g/mol. The maximum Gasteiger partial charge on any atom is 0.166 e. The Labute approximate surface area is 152 Å². The van der Waals surface area contributed by atoms with E-state index in [9.17, 15) is 10.5 Å². The summed E-state index contributed by atoms with van der Waals surface area (Å²) >= 11 is 0. The van der Waals surface area contributed by atoms with E-state index in [1.54, 1.807) is 20.3 Å². The first-order valence-corrected chi connectivity index (χ1v) is 8.57. The summed E-state index contributed by atoms with van der Waals surface area (Å²) in [5, 5.41) is 24.0. The van der Waals surface area contributed by atoms with Crippen LogP contribution in [-0.2, 0) is 11.8 Å². The minimum Gasteiger partial charge on any atom is -0.627 e. The fraction of sp³-hybridized carbons (Fsp3) is 0.286. The standard InChI is InChI=1S/C21H20N2O3/c1-25-18-11-16-17(12-19(18)26-2)23(24)10-6-9-20(23)21(16,14-22)13-15-7-4-3-5-8-15/h3-9,11-12,20H,10,13H2,1-2H3/t20-,21-,23?/m1/s1. The Kier molecular flexibility index (Phi) is 3.76. The van der Waals surface area contributed by atoms with Gasteiger partial charge in [-0.05, 0) is 23.8 Å². The third kappa shape index (κ3) is 2.10. The molecule has 2 aliphatic heterocycles. The highest BCUT2D eigenvalue weighted by Gasteiger charge is 2.59. The molecular weight excluding hydrogens is 328 g/mol. The van der Waals surface area contributed by atoms with Crippen molar-refractivity contribution in [1.29, 1.82) is 5.26 Å². The van der Waals surface area contributed by atoms with Crippen LogP contribution in [0.4, 0.5) is 5.69 Å². The van der Waals surface area contributed by atoms with E-state index in [4.69, 9.17) is 9.47 Å². The Bertz CT molecular complexity index is 919. The lowest BCUT2D eigenvalue weighted by Crippen LogP contribution is -2.52. The molecule has 0 saturated carbocycles. The quantitative estimate of drug-likeness (QED) is 0.482. The van der Waals surface area contributed by atoms with E-state index in [0.717, 1.165) is 11.1 Å². The van der Waals surface area contributed by atoms with Crippen molar-refractivity contribution in [2.24, 2.45) is 0 Å². The van der Waals surface area contributed by atoms with Gasteiger partial charge >= 0.3 is 0 Å². The third-order valence-corrected chi connectivity index (χ3v) is 5.56. The van der Waals surface area contributed by atoms with Crippen LogP contribution in [0.15, 0.2) is 54.6 Å². The maximum absolute atomic E-state index is 13.7. The number of quaternary nitrogens is 1. The van der Waals surface area contributed by atoms with E-state index in [2.05, 4.69) is 6.07 Å². The summed E-state index contributed by atoms with van der Waals surface area (Å²) < 4.78 is 10.3. The largest absolute Gasteiger partial charge is 0.627 e. The van der Waals surface area contributed by atoms with Crippen molar-refractivity contribution in [3.63, 3.8) is 0 Å². The molecule has 0 bridgehead atoms. The molecule has 5 heteroatoms. The van der Waals surface area contributed by atoms with Gasteiger partial charge in [-0.25, -0.2) is 0 Å². The number of hydrogen-bond donors (Lipinski definition) is 0. The summed E-state index contributed by atoms with van der Waals surface area (Å²) in [6, 6.07) is 15.4. The molecule has 0 aromatic heterocycles. The normalized spacial score (nSPS) is 28.3. The number of rotatable bonds is 4. The van der Waals surface area contributed by atoms with Crippen LogP contribution in [0.25, 0.3) is 0 Å². The van der Waals surface area contributed by atoms with E-state index in [0.29, 0.717) is 30.2 Å². The molecule has 0 radical (unpaired) electrons. The molecule has 0 aliphatic carbocycles. The molecule has 4 rings (SSSR count). The third-order valence-electron chi connectivity index (χ3n) is 5.56. The van der Waals surface area contributed by atoms with E-state index < -0.39 is 16.1 Å². The molecule has 0 fully saturated rings. The molecule has 132 valence electrons. The van der Waals surface area contributed by atoms with Gasteiger partial charge in [-0.1, -0.05) is 30.3 Å². The average Bonchev–Trinajstić information content (AvgIpc) is 3.16. The first-order valence-electron chi connectivity index (χ1n) is 8.57. The van der Waals surface area contributed by atoms with Crippen LogP contribution >= 0.6 is 0 Å². The number of methoxy groups -OCH3 is 2. The minimum atomic E-state index is -0.939. The number of fused-ring (bicyclic) bond motifs is 3. The highest BCUT2D eigenvalue weighted by molar-refractivity contribution is 5.72. The summed E-state index contributed by atoms with van der Waals surface area (Å²) in [6.07, 6.45) is 4.26. The van der Waals surface area contributed by atoms with Gasteiger partial charge in [-0.2, -0.15) is 5.26 Å². The van der Waals surface area contributed by atoms with Gasteiger partial charge < -0.3 is 19.3 Å². The van der Waals surface area contributed by atoms with Crippen LogP contribution in [0.2, 0.25) is 0 Å². The van der Waals surface area contributed by atoms with Gasteiger partial charge in [-0.15, -0.1) is 0 Å². The van der Waals surface area contributed by atoms with Crippen LogP contribution in [-0.4, -0.2) is 26.8 Å². The summed E-state index contributed by atoms with van der Waals surface area (Å²) in [4.78, 5) is 0. The van der Waals surface area contributed by atoms with Crippen molar-refractivity contribution in [3.8, 4) is 17.6 Å². The van der Waals surface area contributed by atoms with E-state index >= 15 is 0 Å². The lowest BCUT2D eigenvalue weighted by molar-refractivity contribution is 0.320. The van der Waals surface area contributed by atoms with E-state index in [-0.39, 0.29) is 0 Å². The first kappa shape index (κ1) is 16.6. The fourth-order valence-electron chi connectivity index (χ4n) is 4.35. The van der Waals surface area contributed by atoms with Gasteiger partial charge in [0.2, 0.25) is 0 Å². The second-order valence-electron chi connectivity index (χ2n) is 6.82. The van der Waals surface area contributed by atoms with Gasteiger partial charge in [0.05, 0.1) is 20.3 Å². The molecule has 0 N–H and O–H groups in total. The highest BCUT2D eigenvalue weighted by atomic mass is 16.6. The molecule has 2 heterocycles. The highest BCUT2D eigenvalue weighted by Crippen LogP contribution is 2.55. The number of nitriles is 1.